The number of ether oxygens (including phenoxy) is 2. The monoisotopic (exact) mass is 882 g/mol. The molecule has 2 bridgehead atoms. The second-order valence-corrected chi connectivity index (χ2v) is 20.6. The maximum Gasteiger partial charge on any atom is 0.329 e. The smallest absolute Gasteiger partial charge is 0.329 e. The predicted octanol–water partition coefficient (Wildman–Crippen LogP) is 6.30. The zero-order chi connectivity index (χ0) is 46.2. The van der Waals surface area contributed by atoms with Crippen molar-refractivity contribution in [3.8, 4) is 5.75 Å². The van der Waals surface area contributed by atoms with Crippen LogP contribution in [0.3, 0.4) is 0 Å². The van der Waals surface area contributed by atoms with Crippen LogP contribution >= 0.6 is 11.8 Å². The van der Waals surface area contributed by atoms with E-state index in [0.29, 0.717) is 55.7 Å². The highest BCUT2D eigenvalue weighted by molar-refractivity contribution is 8.14. The molecule has 346 valence electrons. The first-order valence-corrected chi connectivity index (χ1v) is 23.6. The van der Waals surface area contributed by atoms with Gasteiger partial charge in [-0.05, 0) is 86.8 Å². The number of aliphatic hydroxyl groups excluding tert-OH is 1. The predicted molar refractivity (Wildman–Crippen MR) is 246 cm³/mol. The highest BCUT2D eigenvalue weighted by Gasteiger charge is 2.44. The SMILES string of the molecule is CC[C@H](C)[C@H]1C(=O)N2CCC[C@H]2C(=O)O[C@H]([C@@H](C)CC(C)(C)C)C[C@@H](C)C[C@H](O)[C@H](C)C2=N[C@@H](C=C(C)C(=O)N[C@@H](Cc3ccc(OC)cc3)C(=O)N(C)[C@@H](C)C(=O)N1C)CS2. The van der Waals surface area contributed by atoms with E-state index < -0.39 is 60.1 Å². The van der Waals surface area contributed by atoms with Crippen LogP contribution in [0.2, 0.25) is 0 Å². The molecule has 2 N–H and O–H groups in total. The molecular formula is C48H75N5O8S. The lowest BCUT2D eigenvalue weighted by Crippen LogP contribution is -2.59. The van der Waals surface area contributed by atoms with Crippen molar-refractivity contribution in [1.82, 2.24) is 20.0 Å². The third-order valence-corrected chi connectivity index (χ3v) is 14.4. The molecule has 1 aromatic rings. The van der Waals surface area contributed by atoms with Gasteiger partial charge in [0.15, 0.2) is 0 Å². The summed E-state index contributed by atoms with van der Waals surface area (Å²) in [6.07, 6.45) is 4.29. The minimum Gasteiger partial charge on any atom is -0.497 e. The van der Waals surface area contributed by atoms with Crippen LogP contribution in [-0.4, -0.2) is 130 Å². The summed E-state index contributed by atoms with van der Waals surface area (Å²) >= 11 is 1.57. The summed E-state index contributed by atoms with van der Waals surface area (Å²) in [4.78, 5) is 81.0. The fourth-order valence-corrected chi connectivity index (χ4v) is 10.2. The van der Waals surface area contributed by atoms with Crippen molar-refractivity contribution in [2.45, 2.75) is 157 Å². The lowest BCUT2D eigenvalue weighted by atomic mass is 9.80. The second kappa shape index (κ2) is 22.1. The molecular weight excluding hydrogens is 807 g/mol. The Morgan fingerprint density at radius 1 is 0.968 bits per heavy atom. The molecule has 0 spiro atoms. The summed E-state index contributed by atoms with van der Waals surface area (Å²) in [7, 11) is 4.69. The first kappa shape index (κ1) is 50.7. The average molecular weight is 882 g/mol. The van der Waals surface area contributed by atoms with E-state index >= 15 is 0 Å². The first-order chi connectivity index (χ1) is 29.1. The molecule has 62 heavy (non-hydrogen) atoms. The van der Waals surface area contributed by atoms with E-state index in [0.717, 1.165) is 17.0 Å². The molecule has 0 aliphatic carbocycles. The van der Waals surface area contributed by atoms with Gasteiger partial charge < -0.3 is 34.6 Å². The van der Waals surface area contributed by atoms with E-state index in [1.807, 2.05) is 32.9 Å². The molecule has 0 saturated carbocycles. The molecule has 14 heteroatoms. The number of aliphatic hydroxyl groups is 1. The van der Waals surface area contributed by atoms with Gasteiger partial charge in [-0.15, -0.1) is 11.8 Å². The summed E-state index contributed by atoms with van der Waals surface area (Å²) < 4.78 is 11.8. The van der Waals surface area contributed by atoms with E-state index in [1.165, 1.54) is 16.8 Å². The molecule has 1 aromatic carbocycles. The lowest BCUT2D eigenvalue weighted by molar-refractivity contribution is -0.164. The molecule has 4 amide bonds. The van der Waals surface area contributed by atoms with Crippen LogP contribution in [0, 0.1) is 29.1 Å². The van der Waals surface area contributed by atoms with E-state index in [1.54, 1.807) is 62.9 Å². The molecule has 3 aliphatic heterocycles. The van der Waals surface area contributed by atoms with Gasteiger partial charge in [-0.25, -0.2) is 4.79 Å². The molecule has 0 unspecified atom stereocenters. The fraction of sp³-hybridized carbons (Fsp3) is 0.708. The van der Waals surface area contributed by atoms with Gasteiger partial charge in [-0.2, -0.15) is 0 Å². The third-order valence-electron chi connectivity index (χ3n) is 13.1. The van der Waals surface area contributed by atoms with E-state index in [-0.39, 0.29) is 47.5 Å². The summed E-state index contributed by atoms with van der Waals surface area (Å²) in [5.74, 6) is -1.37. The number of esters is 1. The zero-order valence-electron chi connectivity index (χ0n) is 39.6. The standard InChI is InChI=1S/C48H75N5O8S/c1-14-29(3)41-46(58)53-21-15-16-38(53)47(59)61-40(31(5)26-48(8,9)10)23-28(2)22-39(54)32(6)43-49-35(27-62-43)24-30(4)42(55)50-37(25-34-17-19-36(60-13)20-18-34)45(57)51(11)33(7)44(56)52(41)12/h17-20,24,28-29,31-33,35,37-41,54H,14-16,21-23,25-27H2,1-13H3,(H,50,55)/t28-,29-,31-,32-,33-,35-,37-,38-,39-,40-,41-/m0/s1. The van der Waals surface area contributed by atoms with Gasteiger partial charge in [0.2, 0.25) is 23.6 Å². The van der Waals surface area contributed by atoms with Crippen molar-refractivity contribution in [2.24, 2.45) is 34.1 Å². The van der Waals surface area contributed by atoms with E-state index in [2.05, 4.69) is 39.9 Å². The Morgan fingerprint density at radius 2 is 1.63 bits per heavy atom. The number of benzene rings is 1. The summed E-state index contributed by atoms with van der Waals surface area (Å²) in [6, 6.07) is 3.19. The summed E-state index contributed by atoms with van der Waals surface area (Å²) in [5, 5.41) is 15.3. The average Bonchev–Trinajstić information content (AvgIpc) is 3.91. The Balaban J connectivity index is 1.75. The number of aliphatic imine (C=N–C) groups is 1. The van der Waals surface area contributed by atoms with Crippen LogP contribution in [0.15, 0.2) is 40.9 Å². The van der Waals surface area contributed by atoms with Crippen molar-refractivity contribution in [2.75, 3.05) is 33.5 Å². The Labute approximate surface area is 375 Å². The zero-order valence-corrected chi connectivity index (χ0v) is 40.4. The Bertz CT molecular complexity index is 1800. The van der Waals surface area contributed by atoms with Crippen LogP contribution < -0.4 is 10.1 Å². The van der Waals surface area contributed by atoms with Crippen molar-refractivity contribution >= 4 is 46.4 Å². The maximum absolute atomic E-state index is 14.7. The lowest BCUT2D eigenvalue weighted by Gasteiger charge is -2.39. The Kier molecular flexibility index (Phi) is 18.1. The highest BCUT2D eigenvalue weighted by atomic mass is 32.2. The highest BCUT2D eigenvalue weighted by Crippen LogP contribution is 2.34. The number of nitrogens with one attached hydrogen (secondary N) is 1. The molecule has 4 rings (SSSR count). The number of methoxy groups -OCH3 is 1. The number of nitrogens with zero attached hydrogens (tertiary/aromatic N) is 4. The molecule has 1 fully saturated rings. The number of amides is 4. The van der Waals surface area contributed by atoms with Crippen LogP contribution in [-0.2, 0) is 35.1 Å². The molecule has 0 aromatic heterocycles. The topological polar surface area (TPSA) is 158 Å². The normalized spacial score (nSPS) is 30.4. The first-order valence-electron chi connectivity index (χ1n) is 22.6. The van der Waals surface area contributed by atoms with Crippen molar-refractivity contribution in [3.05, 3.63) is 41.5 Å². The van der Waals surface area contributed by atoms with Crippen LogP contribution in [0.1, 0.15) is 113 Å². The number of hydrogen-bond acceptors (Lipinski definition) is 10. The van der Waals surface area contributed by atoms with Crippen molar-refractivity contribution in [3.63, 3.8) is 0 Å². The van der Waals surface area contributed by atoms with Gasteiger partial charge in [-0.3, -0.25) is 24.2 Å². The van der Waals surface area contributed by atoms with Crippen LogP contribution in [0.25, 0.3) is 0 Å². The van der Waals surface area contributed by atoms with E-state index in [4.69, 9.17) is 14.5 Å². The second-order valence-electron chi connectivity index (χ2n) is 19.5. The number of thioether (sulfide) groups is 1. The van der Waals surface area contributed by atoms with E-state index in [9.17, 15) is 29.1 Å². The quantitative estimate of drug-likeness (QED) is 0.300. The number of hydrogen-bond donors (Lipinski definition) is 2. The molecule has 11 atom stereocenters. The maximum atomic E-state index is 14.7. The fourth-order valence-electron chi connectivity index (χ4n) is 9.07. The number of cyclic esters (lactones) is 1. The molecule has 0 radical (unpaired) electrons. The molecule has 3 heterocycles. The Hall–Kier alpha value is -3.91. The molecule has 3 aliphatic rings. The Morgan fingerprint density at radius 3 is 2.24 bits per heavy atom. The number of fused-ring (bicyclic) bond motifs is 2. The van der Waals surface area contributed by atoms with Gasteiger partial charge in [0.1, 0.15) is 36.0 Å². The number of likely N-dealkylation sites (N-methyl/N-ethyl adjacent to an activating group) is 2. The number of rotatable bonds is 7. The molecule has 1 saturated heterocycles. The minimum atomic E-state index is -1.04. The van der Waals surface area contributed by atoms with Gasteiger partial charge >= 0.3 is 5.97 Å². The van der Waals surface area contributed by atoms with Gasteiger partial charge in [0.05, 0.1) is 24.3 Å². The van der Waals surface area contributed by atoms with Gasteiger partial charge in [-0.1, -0.05) is 80.0 Å². The van der Waals surface area contributed by atoms with Gasteiger partial charge in [0, 0.05) is 44.3 Å². The number of carbonyl (C=O) groups excluding carboxylic acids is 5. The van der Waals surface area contributed by atoms with Crippen LogP contribution in [0.5, 0.6) is 5.75 Å². The minimum absolute atomic E-state index is 0.000217. The van der Waals surface area contributed by atoms with Crippen LogP contribution in [0.4, 0.5) is 0 Å². The summed E-state index contributed by atoms with van der Waals surface area (Å²) in [5.41, 5.74) is 1.15. The largest absolute Gasteiger partial charge is 0.497 e. The van der Waals surface area contributed by atoms with Crippen molar-refractivity contribution < 1.29 is 38.6 Å². The summed E-state index contributed by atoms with van der Waals surface area (Å²) in [6.45, 7) is 20.2. The van der Waals surface area contributed by atoms with Gasteiger partial charge in [0.25, 0.3) is 0 Å². The third kappa shape index (κ3) is 13.1. The molecule has 13 nitrogen and oxygen atoms in total. The van der Waals surface area contributed by atoms with Crippen molar-refractivity contribution in [1.29, 1.82) is 0 Å². The number of carbonyl (C=O) groups is 5.